The van der Waals surface area contributed by atoms with Gasteiger partial charge in [0.15, 0.2) is 0 Å². The summed E-state index contributed by atoms with van der Waals surface area (Å²) in [7, 11) is 2.13. The number of likely N-dealkylation sites (tertiary alicyclic amines) is 2. The summed E-state index contributed by atoms with van der Waals surface area (Å²) in [5.41, 5.74) is 5.78. The number of nitrogens with zero attached hydrogens (tertiary/aromatic N) is 5. The molecule has 10 rings (SSSR count). The molecule has 6 heterocycles. The number of halogens is 1. The Hall–Kier alpha value is -2.99. The van der Waals surface area contributed by atoms with Crippen LogP contribution in [0.2, 0.25) is 0 Å². The molecule has 2 amide bonds. The van der Waals surface area contributed by atoms with Crippen molar-refractivity contribution in [3.63, 3.8) is 0 Å². The summed E-state index contributed by atoms with van der Waals surface area (Å²) in [5, 5.41) is 10.5. The Kier molecular flexibility index (Phi) is 19.2. The normalized spacial score (nSPS) is 22.6. The Morgan fingerprint density at radius 2 is 1.13 bits per heavy atom. The van der Waals surface area contributed by atoms with Gasteiger partial charge in [0.25, 0.3) is 0 Å². The van der Waals surface area contributed by atoms with Gasteiger partial charge >= 0.3 is 0 Å². The smallest absolute Gasteiger partial charge is 0.237 e. The number of aryl methyl sites for hydroxylation is 4. The highest BCUT2D eigenvalue weighted by atomic mass is 35.5. The minimum absolute atomic E-state index is 0. The molecular weight excluding hydrogens is 830 g/mol. The van der Waals surface area contributed by atoms with Crippen molar-refractivity contribution in [2.24, 2.45) is 5.92 Å². The van der Waals surface area contributed by atoms with Crippen LogP contribution in [0.5, 0.6) is 0 Å². The van der Waals surface area contributed by atoms with Crippen LogP contribution in [0.15, 0.2) is 24.5 Å². The monoisotopic (exact) mass is 908 g/mol. The number of amides is 2. The summed E-state index contributed by atoms with van der Waals surface area (Å²) < 4.78 is 0. The van der Waals surface area contributed by atoms with Gasteiger partial charge in [0, 0.05) is 88.6 Å². The number of fused-ring (bicyclic) bond motifs is 6. The number of alkyl halides is 1. The maximum absolute atomic E-state index is 12.5. The van der Waals surface area contributed by atoms with E-state index in [0.717, 1.165) is 57.8 Å². The van der Waals surface area contributed by atoms with Crippen molar-refractivity contribution < 1.29 is 9.59 Å². The topological polar surface area (TPSA) is 93.7 Å². The highest BCUT2D eigenvalue weighted by Gasteiger charge is 2.29. The van der Waals surface area contributed by atoms with E-state index >= 15 is 0 Å². The maximum Gasteiger partial charge on any atom is 0.237 e. The molecule has 6 aliphatic rings. The fourth-order valence-corrected chi connectivity index (χ4v) is 13.2. The number of likely N-dealkylation sites (N-methyl/N-ethyl adjacent to an activating group) is 1. The molecular formula is C50H78ClN7O2S2. The molecule has 4 aliphatic carbocycles. The molecule has 2 saturated heterocycles. The molecule has 4 aromatic heterocycles. The number of hydrogen-bond donors (Lipinski definition) is 2. The van der Waals surface area contributed by atoms with Crippen molar-refractivity contribution in [2.45, 2.75) is 169 Å². The van der Waals surface area contributed by atoms with Gasteiger partial charge in [0.2, 0.25) is 11.8 Å². The number of hydrogen-bond acceptors (Lipinski definition) is 9. The van der Waals surface area contributed by atoms with Crippen molar-refractivity contribution in [1.82, 2.24) is 24.7 Å². The number of thiophene rings is 2. The van der Waals surface area contributed by atoms with Crippen LogP contribution in [0.25, 0.3) is 20.4 Å². The summed E-state index contributed by atoms with van der Waals surface area (Å²) in [6.45, 7) is 6.64. The number of rotatable bonds is 9. The molecule has 2 saturated carbocycles. The molecule has 4 fully saturated rings. The van der Waals surface area contributed by atoms with E-state index in [0.29, 0.717) is 30.6 Å². The Morgan fingerprint density at radius 3 is 1.58 bits per heavy atom. The second kappa shape index (κ2) is 23.8. The minimum atomic E-state index is 0. The molecule has 12 heteroatoms. The molecule has 9 nitrogen and oxygen atoms in total. The molecule has 62 heavy (non-hydrogen) atoms. The second-order valence-corrected chi connectivity index (χ2v) is 20.4. The summed E-state index contributed by atoms with van der Waals surface area (Å²) in [6, 6.07) is 6.08. The molecule has 0 spiro atoms. The molecule has 2 N–H and O–H groups in total. The van der Waals surface area contributed by atoms with Crippen LogP contribution in [-0.2, 0) is 35.3 Å². The maximum atomic E-state index is 12.5. The number of pyridine rings is 2. The van der Waals surface area contributed by atoms with Crippen LogP contribution >= 0.6 is 34.3 Å². The molecule has 0 radical (unpaired) electrons. The zero-order chi connectivity index (χ0) is 40.7. The van der Waals surface area contributed by atoms with Crippen molar-refractivity contribution in [3.05, 3.63) is 45.4 Å². The van der Waals surface area contributed by atoms with Gasteiger partial charge in [-0.3, -0.25) is 14.5 Å². The van der Waals surface area contributed by atoms with Crippen LogP contribution in [0.4, 0.5) is 11.4 Å². The van der Waals surface area contributed by atoms with E-state index in [-0.39, 0.29) is 34.1 Å². The summed E-state index contributed by atoms with van der Waals surface area (Å²) in [4.78, 5) is 44.2. The van der Waals surface area contributed by atoms with Gasteiger partial charge in [-0.15, -0.1) is 34.3 Å². The molecule has 2 aliphatic heterocycles. The Balaban J connectivity index is 0.000000193. The second-order valence-electron chi connectivity index (χ2n) is 17.9. The number of carbonyl (C=O) groups is 2. The summed E-state index contributed by atoms with van der Waals surface area (Å²) >= 11 is 9.15. The molecule has 0 aromatic carbocycles. The van der Waals surface area contributed by atoms with Gasteiger partial charge in [-0.1, -0.05) is 35.6 Å². The SMILES string of the molecule is C.C.C.CCC1CCC(Nc2ccnc3sc4c(c23)CCC4)CC1.CN(CC(=O)N1CCCC1)C1CCC(Nc2ccnc3sc4c(c23)CCC4)CC1.O=C(CCl)N1CCCC1. The average molecular weight is 909 g/mol. The third-order valence-electron chi connectivity index (χ3n) is 14.1. The standard InChI is InChI=1S/C23H32N4OS.C18H24N2S.C6H10ClNO.3CH4/c1-26(15-21(28)27-13-2-3-14-27)17-9-7-16(8-10-17)25-19-11-12-24-23-22(19)18-5-4-6-20(18)29-23;1-2-12-6-8-13(9-7-12)20-15-10-11-19-18-17(15)14-4-3-5-16(14)21-18;7-5-6(9)8-3-1-2-4-8;;;/h11-12,16-17H,2-10,13-15H2,1H3,(H,24,25);10-13H,2-9H2,1H3,(H,19,20);1-5H2;3*1H4. The number of nitrogens with one attached hydrogen (secondary N) is 2. The summed E-state index contributed by atoms with van der Waals surface area (Å²) in [6.07, 6.45) is 27.6. The van der Waals surface area contributed by atoms with Gasteiger partial charge in [0.05, 0.1) is 6.54 Å². The van der Waals surface area contributed by atoms with Crippen LogP contribution in [0.1, 0.15) is 146 Å². The quantitative estimate of drug-likeness (QED) is 0.162. The first kappa shape index (κ1) is 50.0. The van der Waals surface area contributed by atoms with E-state index in [1.54, 1.807) is 20.9 Å². The fraction of sp³-hybridized carbons (Fsp3) is 0.680. The highest BCUT2D eigenvalue weighted by molar-refractivity contribution is 7.19. The van der Waals surface area contributed by atoms with Crippen LogP contribution < -0.4 is 10.6 Å². The average Bonchev–Trinajstić information content (AvgIpc) is 4.12. The lowest BCUT2D eigenvalue weighted by atomic mass is 9.84. The molecule has 344 valence electrons. The highest BCUT2D eigenvalue weighted by Crippen LogP contribution is 2.42. The van der Waals surface area contributed by atoms with Gasteiger partial charge in [-0.25, -0.2) is 9.97 Å². The third kappa shape index (κ3) is 11.8. The van der Waals surface area contributed by atoms with E-state index < -0.39 is 0 Å². The van der Waals surface area contributed by atoms with Crippen LogP contribution in [0.3, 0.4) is 0 Å². The number of aromatic nitrogens is 2. The predicted octanol–water partition coefficient (Wildman–Crippen LogP) is 12.0. The first-order chi connectivity index (χ1) is 28.9. The van der Waals surface area contributed by atoms with Crippen LogP contribution in [0, 0.1) is 5.92 Å². The van der Waals surface area contributed by atoms with Gasteiger partial charge in [0.1, 0.15) is 15.5 Å². The van der Waals surface area contributed by atoms with Gasteiger partial charge in [-0.2, -0.15) is 0 Å². The third-order valence-corrected chi connectivity index (χ3v) is 16.7. The van der Waals surface area contributed by atoms with Crippen molar-refractivity contribution >= 4 is 77.9 Å². The lowest BCUT2D eigenvalue weighted by molar-refractivity contribution is -0.131. The van der Waals surface area contributed by atoms with E-state index in [1.807, 2.05) is 44.9 Å². The van der Waals surface area contributed by atoms with Crippen molar-refractivity contribution in [1.29, 1.82) is 0 Å². The number of carbonyl (C=O) groups excluding carboxylic acids is 2. The zero-order valence-electron chi connectivity index (χ0n) is 35.5. The molecule has 0 unspecified atom stereocenters. The Labute approximate surface area is 387 Å². The van der Waals surface area contributed by atoms with E-state index in [4.69, 9.17) is 11.6 Å². The molecule has 4 aromatic rings. The van der Waals surface area contributed by atoms with E-state index in [9.17, 15) is 9.59 Å². The summed E-state index contributed by atoms with van der Waals surface area (Å²) in [5.74, 6) is 1.50. The predicted molar refractivity (Wildman–Crippen MR) is 268 cm³/mol. The Morgan fingerprint density at radius 1 is 0.677 bits per heavy atom. The lowest BCUT2D eigenvalue weighted by Gasteiger charge is -2.35. The number of anilines is 2. The van der Waals surface area contributed by atoms with Crippen molar-refractivity contribution in [2.75, 3.05) is 56.3 Å². The largest absolute Gasteiger partial charge is 0.382 e. The van der Waals surface area contributed by atoms with Gasteiger partial charge < -0.3 is 20.4 Å². The van der Waals surface area contributed by atoms with E-state index in [2.05, 4.69) is 51.6 Å². The first-order valence-corrected chi connectivity index (χ1v) is 25.2. The Bertz CT molecular complexity index is 2020. The van der Waals surface area contributed by atoms with E-state index in [1.165, 1.54) is 128 Å². The zero-order valence-corrected chi connectivity index (χ0v) is 37.9. The first-order valence-electron chi connectivity index (χ1n) is 23.0. The van der Waals surface area contributed by atoms with Crippen LogP contribution in [-0.4, -0.2) is 100 Å². The fourth-order valence-electron chi connectivity index (χ4n) is 10.6. The van der Waals surface area contributed by atoms with Gasteiger partial charge in [-0.05, 0) is 152 Å². The molecule has 0 bridgehead atoms. The minimum Gasteiger partial charge on any atom is -0.382 e. The molecule has 0 atom stereocenters. The van der Waals surface area contributed by atoms with Crippen molar-refractivity contribution in [3.8, 4) is 0 Å². The lowest BCUT2D eigenvalue weighted by Crippen LogP contribution is -2.44.